The molecule has 1 fully saturated rings. The van der Waals surface area contributed by atoms with Gasteiger partial charge in [0.15, 0.2) is 0 Å². The molecule has 0 saturated carbocycles. The Morgan fingerprint density at radius 2 is 1.72 bits per heavy atom. The van der Waals surface area contributed by atoms with Crippen molar-refractivity contribution in [1.29, 1.82) is 0 Å². The van der Waals surface area contributed by atoms with Crippen molar-refractivity contribution >= 4 is 17.7 Å². The zero-order valence-corrected chi connectivity index (χ0v) is 19.0. The Hall–Kier alpha value is -3.09. The molecule has 0 spiro atoms. The molecule has 0 atom stereocenters. The van der Waals surface area contributed by atoms with Crippen molar-refractivity contribution in [3.05, 3.63) is 53.9 Å². The summed E-state index contributed by atoms with van der Waals surface area (Å²) in [4.78, 5) is 33.2. The van der Waals surface area contributed by atoms with Crippen LogP contribution in [0.1, 0.15) is 44.7 Å². The second kappa shape index (κ2) is 9.18. The standard InChI is InChI=1S/C25H31N3O4/c1-25(2,3)32-24(30)28-15-8-18-4-5-22(16-20(18)17-28)31-23(29)19-9-13-27(14-10-19)21-6-11-26-12-7-21/h4-7,11-12,16,19H,8-10,13-15,17H2,1-3H3. The number of piperidine rings is 1. The molecule has 2 aromatic rings. The Morgan fingerprint density at radius 1 is 1.00 bits per heavy atom. The molecule has 0 aliphatic carbocycles. The summed E-state index contributed by atoms with van der Waals surface area (Å²) >= 11 is 0. The van der Waals surface area contributed by atoms with Gasteiger partial charge in [0.1, 0.15) is 11.4 Å². The minimum atomic E-state index is -0.526. The van der Waals surface area contributed by atoms with Crippen molar-refractivity contribution in [2.75, 3.05) is 24.5 Å². The van der Waals surface area contributed by atoms with Gasteiger partial charge in [-0.2, -0.15) is 0 Å². The molecule has 1 saturated heterocycles. The van der Waals surface area contributed by atoms with Gasteiger partial charge in [0.2, 0.25) is 0 Å². The number of rotatable bonds is 3. The Kier molecular flexibility index (Phi) is 6.35. The summed E-state index contributed by atoms with van der Waals surface area (Å²) in [5.41, 5.74) is 2.79. The van der Waals surface area contributed by atoms with Crippen LogP contribution in [0, 0.1) is 5.92 Å². The molecule has 7 nitrogen and oxygen atoms in total. The molecule has 1 aromatic heterocycles. The Morgan fingerprint density at radius 3 is 2.41 bits per heavy atom. The summed E-state index contributed by atoms with van der Waals surface area (Å²) in [5, 5.41) is 0. The second-order valence-corrected chi connectivity index (χ2v) is 9.47. The van der Waals surface area contributed by atoms with Crippen molar-refractivity contribution < 1.29 is 19.1 Å². The van der Waals surface area contributed by atoms with Gasteiger partial charge < -0.3 is 19.3 Å². The lowest BCUT2D eigenvalue weighted by molar-refractivity contribution is -0.139. The maximum atomic E-state index is 12.8. The molecule has 2 aliphatic heterocycles. The van der Waals surface area contributed by atoms with Crippen LogP contribution in [0.4, 0.5) is 10.5 Å². The molecule has 2 aliphatic rings. The lowest BCUT2D eigenvalue weighted by Crippen LogP contribution is -2.40. The van der Waals surface area contributed by atoms with E-state index in [4.69, 9.17) is 9.47 Å². The van der Waals surface area contributed by atoms with Crippen molar-refractivity contribution in [2.24, 2.45) is 5.92 Å². The van der Waals surface area contributed by atoms with Crippen LogP contribution >= 0.6 is 0 Å². The second-order valence-electron chi connectivity index (χ2n) is 9.47. The third kappa shape index (κ3) is 5.39. The summed E-state index contributed by atoms with van der Waals surface area (Å²) in [5.74, 6) is 0.248. The minimum absolute atomic E-state index is 0.109. The SMILES string of the molecule is CC(C)(C)OC(=O)N1CCc2ccc(OC(=O)C3CCN(c4ccncc4)CC3)cc2C1. The number of hydrogen-bond acceptors (Lipinski definition) is 6. The third-order valence-corrected chi connectivity index (χ3v) is 5.92. The molecule has 1 aromatic carbocycles. The fourth-order valence-corrected chi connectivity index (χ4v) is 4.21. The molecule has 4 rings (SSSR count). The van der Waals surface area contributed by atoms with Gasteiger partial charge in [-0.25, -0.2) is 4.79 Å². The lowest BCUT2D eigenvalue weighted by Gasteiger charge is -2.32. The van der Waals surface area contributed by atoms with E-state index in [2.05, 4.69) is 9.88 Å². The molecule has 0 N–H and O–H groups in total. The topological polar surface area (TPSA) is 72.0 Å². The summed E-state index contributed by atoms with van der Waals surface area (Å²) in [6.07, 6.45) is 5.55. The van der Waals surface area contributed by atoms with Crippen LogP contribution in [-0.4, -0.2) is 47.2 Å². The van der Waals surface area contributed by atoms with E-state index < -0.39 is 5.60 Å². The summed E-state index contributed by atoms with van der Waals surface area (Å²) in [6.45, 7) is 8.31. The van der Waals surface area contributed by atoms with Crippen molar-refractivity contribution in [1.82, 2.24) is 9.88 Å². The van der Waals surface area contributed by atoms with Crippen LogP contribution in [0.2, 0.25) is 0 Å². The number of carbonyl (C=O) groups is 2. The fourth-order valence-electron chi connectivity index (χ4n) is 4.21. The number of anilines is 1. The maximum absolute atomic E-state index is 12.8. The van der Waals surface area contributed by atoms with Crippen LogP contribution in [0.3, 0.4) is 0 Å². The van der Waals surface area contributed by atoms with Crippen LogP contribution in [0.5, 0.6) is 5.75 Å². The molecule has 32 heavy (non-hydrogen) atoms. The Balaban J connectivity index is 1.34. The summed E-state index contributed by atoms with van der Waals surface area (Å²) in [7, 11) is 0. The minimum Gasteiger partial charge on any atom is -0.444 e. The number of ether oxygens (including phenoxy) is 2. The van der Waals surface area contributed by atoms with Gasteiger partial charge in [-0.15, -0.1) is 0 Å². The number of pyridine rings is 1. The molecule has 170 valence electrons. The average molecular weight is 438 g/mol. The number of hydrogen-bond donors (Lipinski definition) is 0. The number of esters is 1. The van der Waals surface area contributed by atoms with E-state index >= 15 is 0 Å². The Labute approximate surface area is 189 Å². The van der Waals surface area contributed by atoms with Crippen molar-refractivity contribution in [2.45, 2.75) is 52.2 Å². The van der Waals surface area contributed by atoms with Gasteiger partial charge in [-0.1, -0.05) is 6.07 Å². The zero-order valence-electron chi connectivity index (χ0n) is 19.0. The van der Waals surface area contributed by atoms with Crippen LogP contribution in [-0.2, 0) is 22.5 Å². The first-order valence-electron chi connectivity index (χ1n) is 11.2. The molecule has 0 radical (unpaired) electrons. The monoisotopic (exact) mass is 437 g/mol. The van der Waals surface area contributed by atoms with Gasteiger partial charge >= 0.3 is 12.1 Å². The van der Waals surface area contributed by atoms with Gasteiger partial charge in [-0.3, -0.25) is 9.78 Å². The smallest absolute Gasteiger partial charge is 0.410 e. The lowest BCUT2D eigenvalue weighted by atomic mass is 9.96. The normalized spacial score (nSPS) is 17.0. The van der Waals surface area contributed by atoms with E-state index in [9.17, 15) is 9.59 Å². The average Bonchev–Trinajstić information content (AvgIpc) is 2.78. The van der Waals surface area contributed by atoms with E-state index in [1.165, 1.54) is 5.56 Å². The number of fused-ring (bicyclic) bond motifs is 1. The van der Waals surface area contributed by atoms with Gasteiger partial charge in [0.25, 0.3) is 0 Å². The van der Waals surface area contributed by atoms with Crippen molar-refractivity contribution in [3.8, 4) is 5.75 Å². The van der Waals surface area contributed by atoms with Crippen LogP contribution < -0.4 is 9.64 Å². The van der Waals surface area contributed by atoms with Crippen LogP contribution in [0.15, 0.2) is 42.7 Å². The predicted molar refractivity (Wildman–Crippen MR) is 122 cm³/mol. The highest BCUT2D eigenvalue weighted by atomic mass is 16.6. The van der Waals surface area contributed by atoms with E-state index in [0.29, 0.717) is 18.8 Å². The highest BCUT2D eigenvalue weighted by Gasteiger charge is 2.28. The Bertz CT molecular complexity index is 963. The number of benzene rings is 1. The number of carbonyl (C=O) groups excluding carboxylic acids is 2. The van der Waals surface area contributed by atoms with E-state index in [1.807, 2.05) is 51.1 Å². The molecule has 1 amide bonds. The van der Waals surface area contributed by atoms with E-state index in [-0.39, 0.29) is 18.0 Å². The van der Waals surface area contributed by atoms with E-state index in [1.54, 1.807) is 17.3 Å². The first-order chi connectivity index (χ1) is 15.3. The van der Waals surface area contributed by atoms with Crippen LogP contribution in [0.25, 0.3) is 0 Å². The largest absolute Gasteiger partial charge is 0.444 e. The molecule has 0 bridgehead atoms. The van der Waals surface area contributed by atoms with E-state index in [0.717, 1.165) is 43.6 Å². The zero-order chi connectivity index (χ0) is 22.7. The molecular formula is C25H31N3O4. The molecule has 0 unspecified atom stereocenters. The molecular weight excluding hydrogens is 406 g/mol. The predicted octanol–water partition coefficient (Wildman–Crippen LogP) is 4.20. The molecule has 3 heterocycles. The quantitative estimate of drug-likeness (QED) is 0.529. The summed E-state index contributed by atoms with van der Waals surface area (Å²) < 4.78 is 11.2. The molecule has 7 heteroatoms. The highest BCUT2D eigenvalue weighted by molar-refractivity contribution is 5.75. The highest BCUT2D eigenvalue weighted by Crippen LogP contribution is 2.28. The van der Waals surface area contributed by atoms with Gasteiger partial charge in [-0.05, 0) is 75.4 Å². The first kappa shape index (κ1) is 22.1. The number of nitrogens with zero attached hydrogens (tertiary/aromatic N) is 3. The number of amides is 1. The summed E-state index contributed by atoms with van der Waals surface area (Å²) in [6, 6.07) is 9.72. The number of aromatic nitrogens is 1. The van der Waals surface area contributed by atoms with Crippen molar-refractivity contribution in [3.63, 3.8) is 0 Å². The van der Waals surface area contributed by atoms with Gasteiger partial charge in [0, 0.05) is 44.3 Å². The third-order valence-electron chi connectivity index (χ3n) is 5.92. The first-order valence-corrected chi connectivity index (χ1v) is 11.2. The van der Waals surface area contributed by atoms with Gasteiger partial charge in [0.05, 0.1) is 5.92 Å². The maximum Gasteiger partial charge on any atom is 0.410 e. The fraction of sp³-hybridized carbons (Fsp3) is 0.480.